The van der Waals surface area contributed by atoms with Gasteiger partial charge in [-0.3, -0.25) is 0 Å². The fourth-order valence-electron chi connectivity index (χ4n) is 3.63. The fourth-order valence-corrected chi connectivity index (χ4v) is 3.63. The van der Waals surface area contributed by atoms with Gasteiger partial charge in [-0.25, -0.2) is 4.79 Å². The molecule has 38 heavy (non-hydrogen) atoms. The molecule has 2 heteroatoms. The van der Waals surface area contributed by atoms with Gasteiger partial charge in [0.1, 0.15) is 12.2 Å². The average molecular weight is 535 g/mol. The van der Waals surface area contributed by atoms with E-state index >= 15 is 0 Å². The molecule has 0 aliphatic heterocycles. The first-order chi connectivity index (χ1) is 18.5. The van der Waals surface area contributed by atoms with Gasteiger partial charge in [0.25, 0.3) is 0 Å². The van der Waals surface area contributed by atoms with Crippen LogP contribution >= 0.6 is 0 Å². The Labute approximate surface area is 241 Å². The van der Waals surface area contributed by atoms with E-state index in [4.69, 9.17) is 4.79 Å². The van der Waals surface area contributed by atoms with Gasteiger partial charge in [0.15, 0.2) is 0 Å². The second-order valence-electron chi connectivity index (χ2n) is 10.9. The van der Waals surface area contributed by atoms with Gasteiger partial charge >= 0.3 is 0 Å². The molecule has 0 saturated heterocycles. The Morgan fingerprint density at radius 1 is 0.526 bits per heavy atom. The van der Waals surface area contributed by atoms with Gasteiger partial charge in [-0.2, -0.15) is 0 Å². The summed E-state index contributed by atoms with van der Waals surface area (Å²) < 4.78 is 0. The van der Waals surface area contributed by atoms with Crippen LogP contribution in [0.25, 0.3) is 0 Å². The van der Waals surface area contributed by atoms with Gasteiger partial charge < -0.3 is 4.79 Å². The monoisotopic (exact) mass is 535 g/mol. The van der Waals surface area contributed by atoms with Crippen LogP contribution in [-0.2, 0) is 9.59 Å². The molecule has 0 aliphatic carbocycles. The number of hydrogen-bond donors (Lipinski definition) is 0. The van der Waals surface area contributed by atoms with E-state index in [0.29, 0.717) is 0 Å². The van der Waals surface area contributed by atoms with Crippen molar-refractivity contribution >= 4 is 12.2 Å². The molecule has 0 radical (unpaired) electrons. The molecule has 0 unspecified atom stereocenters. The molecule has 0 heterocycles. The van der Waals surface area contributed by atoms with Crippen molar-refractivity contribution in [1.82, 2.24) is 0 Å². The Balaban J connectivity index is -0.000000258. The minimum Gasteiger partial charge on any atom is -0.303 e. The maximum absolute atomic E-state index is 10.1. The summed E-state index contributed by atoms with van der Waals surface area (Å²) in [6.45, 7) is 15.9. The largest absolute Gasteiger partial charge is 0.303 e. The highest BCUT2D eigenvalue weighted by Gasteiger charge is 1.90. The lowest BCUT2D eigenvalue weighted by Crippen LogP contribution is -1.80. The zero-order valence-corrected chi connectivity index (χ0v) is 27.0. The summed E-state index contributed by atoms with van der Waals surface area (Å²) >= 11 is 0. The Morgan fingerprint density at radius 2 is 0.789 bits per heavy atom. The van der Waals surface area contributed by atoms with E-state index < -0.39 is 0 Å². The predicted octanol–water partition coefficient (Wildman–Crippen LogP) is 12.6. The van der Waals surface area contributed by atoms with Crippen LogP contribution in [0.4, 0.5) is 0 Å². The van der Waals surface area contributed by atoms with Crippen LogP contribution in [-0.4, -0.2) is 12.2 Å². The molecule has 2 nitrogen and oxygen atoms in total. The third-order valence-corrected chi connectivity index (χ3v) is 5.71. The van der Waals surface area contributed by atoms with E-state index in [9.17, 15) is 4.79 Å². The molecule has 226 valence electrons. The topological polar surface area (TPSA) is 34.1 Å². The van der Waals surface area contributed by atoms with Crippen molar-refractivity contribution in [2.24, 2.45) is 5.92 Å². The van der Waals surface area contributed by atoms with Crippen molar-refractivity contribution in [3.63, 3.8) is 0 Å². The van der Waals surface area contributed by atoms with E-state index in [1.807, 2.05) is 0 Å². The minimum atomic E-state index is 0.748. The summed E-state index contributed by atoms with van der Waals surface area (Å²) in [5.74, 6) is 2.08. The molecule has 0 aromatic heterocycles. The van der Waals surface area contributed by atoms with Crippen LogP contribution in [0.2, 0.25) is 0 Å². The maximum Gasteiger partial charge on any atom is 0.119 e. The van der Waals surface area contributed by atoms with Crippen LogP contribution in [0.1, 0.15) is 183 Å². The van der Waals surface area contributed by atoms with Gasteiger partial charge in [0.05, 0.1) is 0 Å². The first-order valence-electron chi connectivity index (χ1n) is 16.4. The van der Waals surface area contributed by atoms with E-state index in [2.05, 4.69) is 72.4 Å². The van der Waals surface area contributed by atoms with Gasteiger partial charge in [-0.15, -0.1) is 0 Å². The highest BCUT2D eigenvalue weighted by molar-refractivity contribution is 5.48. The number of carbonyl (C=O) groups excluding carboxylic acids is 2. The molecule has 0 rings (SSSR count). The second kappa shape index (κ2) is 48.6. The summed E-state index contributed by atoms with van der Waals surface area (Å²) in [5.41, 5.74) is 0. The number of aldehydes is 1. The molecule has 0 saturated carbocycles. The molecule has 0 aliphatic rings. The molecule has 0 fully saturated rings. The van der Waals surface area contributed by atoms with E-state index in [-0.39, 0.29) is 0 Å². The van der Waals surface area contributed by atoms with Crippen molar-refractivity contribution in [1.29, 1.82) is 0 Å². The highest BCUT2D eigenvalue weighted by Crippen LogP contribution is 2.10. The molecule has 0 atom stereocenters. The lowest BCUT2D eigenvalue weighted by Gasteiger charge is -1.98. The highest BCUT2D eigenvalue weighted by atomic mass is 16.1. The van der Waals surface area contributed by atoms with Crippen LogP contribution in [0.3, 0.4) is 0 Å². The van der Waals surface area contributed by atoms with E-state index in [1.54, 1.807) is 0 Å². The van der Waals surface area contributed by atoms with Crippen LogP contribution in [0.15, 0.2) is 30.9 Å². The molecule has 0 aromatic carbocycles. The normalized spacial score (nSPS) is 10.3. The number of hydrogen-bond acceptors (Lipinski definition) is 2. The Kier molecular flexibility index (Phi) is 55.9. The molecule has 0 bridgehead atoms. The number of rotatable bonds is 23. The smallest absolute Gasteiger partial charge is 0.119 e. The Hall–Kier alpha value is -1.40. The van der Waals surface area contributed by atoms with Crippen LogP contribution in [0.5, 0.6) is 0 Å². The third kappa shape index (κ3) is 70.1. The number of unbranched alkanes of at least 4 members (excludes halogenated alkanes) is 18. The fraction of sp³-hybridized carbons (Fsp3) is 0.806. The van der Waals surface area contributed by atoms with Crippen molar-refractivity contribution < 1.29 is 9.59 Å². The zero-order valence-electron chi connectivity index (χ0n) is 27.0. The van der Waals surface area contributed by atoms with Crippen LogP contribution < -0.4 is 0 Å². The Bertz CT molecular complexity index is 467. The zero-order chi connectivity index (χ0) is 29.4. The van der Waals surface area contributed by atoms with Gasteiger partial charge in [0, 0.05) is 6.42 Å². The molecule has 0 N–H and O–H groups in total. The first-order valence-corrected chi connectivity index (χ1v) is 16.4. The molecule has 0 amide bonds. The van der Waals surface area contributed by atoms with Gasteiger partial charge in [-0.1, -0.05) is 149 Å². The lowest BCUT2D eigenvalue weighted by molar-refractivity contribution is -0.107. The predicted molar refractivity (Wildman–Crippen MR) is 175 cm³/mol. The van der Waals surface area contributed by atoms with Crippen LogP contribution in [0, 0.1) is 5.92 Å². The van der Waals surface area contributed by atoms with Gasteiger partial charge in [0.2, 0.25) is 0 Å². The van der Waals surface area contributed by atoms with E-state index in [1.165, 1.54) is 134 Å². The second-order valence-corrected chi connectivity index (χ2v) is 10.9. The SMILES string of the molecule is C=C=O.CC(C)C.CCC=CCCCCCCCC.CCCCCCCCC=CCCCCCCCC=O. The summed E-state index contributed by atoms with van der Waals surface area (Å²) in [6, 6.07) is 0. The Morgan fingerprint density at radius 3 is 1.08 bits per heavy atom. The van der Waals surface area contributed by atoms with Crippen molar-refractivity contribution in [3.05, 3.63) is 30.9 Å². The van der Waals surface area contributed by atoms with Crippen molar-refractivity contribution in [2.45, 2.75) is 183 Å². The number of allylic oxidation sites excluding steroid dienone is 4. The van der Waals surface area contributed by atoms with Crippen molar-refractivity contribution in [2.75, 3.05) is 0 Å². The standard InChI is InChI=1S/C18H34O.C12H24.C4H10.C2H2O/c1-2-3-4-5-6-7-8-9-10-11-12-13-14-15-16-17-18-19;1-3-5-7-9-11-12-10-8-6-4-2;1-4(2)3;1-2-3/h9-10,18H,2-8,11-17H2,1H3;5,7H,3-4,6,8-12H2,1-2H3;4H,1-3H3;1H2. The summed E-state index contributed by atoms with van der Waals surface area (Å²) in [6.07, 6.45) is 39.1. The molecular weight excluding hydrogens is 464 g/mol. The average Bonchev–Trinajstić information content (AvgIpc) is 2.88. The summed E-state index contributed by atoms with van der Waals surface area (Å²) in [4.78, 5) is 18.7. The molecule has 0 spiro atoms. The molecular formula is C36H70O2. The quantitative estimate of drug-likeness (QED) is 0.0565. The summed E-state index contributed by atoms with van der Waals surface area (Å²) in [5, 5.41) is 0. The molecule has 0 aromatic rings. The third-order valence-electron chi connectivity index (χ3n) is 5.71. The van der Waals surface area contributed by atoms with Crippen molar-refractivity contribution in [3.8, 4) is 0 Å². The first kappa shape index (κ1) is 43.6. The lowest BCUT2D eigenvalue weighted by atomic mass is 10.1. The minimum absolute atomic E-state index is 0.748. The van der Waals surface area contributed by atoms with E-state index in [0.717, 1.165) is 25.0 Å². The van der Waals surface area contributed by atoms with Gasteiger partial charge in [-0.05, 0) is 63.9 Å². The maximum atomic E-state index is 10.1. The number of carbonyl (C=O) groups is 1. The summed E-state index contributed by atoms with van der Waals surface area (Å²) in [7, 11) is 0.